The molecule has 3 heteroatoms. The topological polar surface area (TPSA) is 33.0 Å². The number of halogens is 1. The van der Waals surface area contributed by atoms with E-state index in [1.54, 1.807) is 7.11 Å². The number of ether oxygens (including phenoxy) is 1. The average Bonchev–Trinajstić information content (AvgIpc) is 2.49. The summed E-state index contributed by atoms with van der Waals surface area (Å²) in [5.41, 5.74) is 0.865. The van der Waals surface area contributed by atoms with Crippen LogP contribution in [0.15, 0.2) is 24.3 Å². The molecule has 0 heterocycles. The first-order chi connectivity index (χ1) is 9.71. The Hall–Kier alpha value is -1.56. The van der Waals surface area contributed by atoms with E-state index in [0.717, 1.165) is 37.0 Å². The van der Waals surface area contributed by atoms with E-state index in [1.165, 1.54) is 0 Å². The van der Waals surface area contributed by atoms with E-state index >= 15 is 0 Å². The zero-order valence-electron chi connectivity index (χ0n) is 12.4. The molecule has 20 heavy (non-hydrogen) atoms. The van der Waals surface area contributed by atoms with Gasteiger partial charge in [0.2, 0.25) is 0 Å². The van der Waals surface area contributed by atoms with Crippen LogP contribution in [0, 0.1) is 11.3 Å². The van der Waals surface area contributed by atoms with Crippen molar-refractivity contribution < 1.29 is 9.13 Å². The smallest absolute Gasteiger partial charge is 0.118 e. The number of alkyl halides is 1. The molecule has 0 bridgehead atoms. The Bertz CT molecular complexity index is 410. The van der Waals surface area contributed by atoms with Crippen molar-refractivity contribution in [1.29, 1.82) is 5.26 Å². The van der Waals surface area contributed by atoms with Crippen LogP contribution in [0.2, 0.25) is 0 Å². The number of methoxy groups -OCH3 is 1. The molecule has 110 valence electrons. The predicted molar refractivity (Wildman–Crippen MR) is 79.6 cm³/mol. The molecule has 0 aliphatic rings. The van der Waals surface area contributed by atoms with Gasteiger partial charge in [-0.05, 0) is 30.5 Å². The van der Waals surface area contributed by atoms with Gasteiger partial charge in [-0.1, -0.05) is 44.7 Å². The van der Waals surface area contributed by atoms with E-state index in [-0.39, 0.29) is 12.3 Å². The van der Waals surface area contributed by atoms with Crippen molar-refractivity contribution in [2.45, 2.75) is 57.5 Å². The summed E-state index contributed by atoms with van der Waals surface area (Å²) < 4.78 is 19.0. The minimum Gasteiger partial charge on any atom is -0.497 e. The molecule has 0 aromatic heterocycles. The second-order valence-electron chi connectivity index (χ2n) is 5.14. The van der Waals surface area contributed by atoms with Crippen molar-refractivity contribution >= 4 is 0 Å². The molecular weight excluding hydrogens is 253 g/mol. The molecule has 1 aromatic carbocycles. The molecular formula is C17H24FNO. The van der Waals surface area contributed by atoms with E-state index in [1.807, 2.05) is 24.3 Å². The number of nitriles is 1. The Balaban J connectivity index is 2.47. The molecule has 2 atom stereocenters. The van der Waals surface area contributed by atoms with Crippen LogP contribution in [-0.2, 0) is 0 Å². The van der Waals surface area contributed by atoms with Gasteiger partial charge in [0.25, 0.3) is 0 Å². The van der Waals surface area contributed by atoms with Crippen molar-refractivity contribution in [1.82, 2.24) is 0 Å². The second kappa shape index (κ2) is 9.36. The summed E-state index contributed by atoms with van der Waals surface area (Å²) in [4.78, 5) is 0. The Morgan fingerprint density at radius 3 is 2.45 bits per heavy atom. The van der Waals surface area contributed by atoms with Gasteiger partial charge in [-0.25, -0.2) is 4.39 Å². The van der Waals surface area contributed by atoms with Gasteiger partial charge >= 0.3 is 0 Å². The Kier molecular flexibility index (Phi) is 7.72. The summed E-state index contributed by atoms with van der Waals surface area (Å²) in [5, 5.41) is 9.22. The number of unbranched alkanes of at least 4 members (excludes halogenated alkanes) is 3. The quantitative estimate of drug-likeness (QED) is 0.595. The molecule has 0 aliphatic carbocycles. The van der Waals surface area contributed by atoms with Gasteiger partial charge in [-0.2, -0.15) is 5.26 Å². The zero-order valence-corrected chi connectivity index (χ0v) is 12.4. The fourth-order valence-corrected chi connectivity index (χ4v) is 2.27. The normalized spacial score (nSPS) is 13.5. The number of hydrogen-bond donors (Lipinski definition) is 0. The molecule has 0 saturated carbocycles. The van der Waals surface area contributed by atoms with Gasteiger partial charge in [0.15, 0.2) is 0 Å². The summed E-state index contributed by atoms with van der Waals surface area (Å²) in [6.45, 7) is 2.14. The van der Waals surface area contributed by atoms with Crippen LogP contribution in [0.5, 0.6) is 5.75 Å². The molecule has 0 spiro atoms. The molecule has 0 fully saturated rings. The molecule has 0 N–H and O–H groups in total. The molecule has 0 amide bonds. The van der Waals surface area contributed by atoms with Crippen molar-refractivity contribution in [2.24, 2.45) is 0 Å². The van der Waals surface area contributed by atoms with Crippen molar-refractivity contribution in [3.63, 3.8) is 0 Å². The highest BCUT2D eigenvalue weighted by molar-refractivity contribution is 5.32. The average molecular weight is 277 g/mol. The number of rotatable bonds is 9. The van der Waals surface area contributed by atoms with Gasteiger partial charge in [-0.3, -0.25) is 0 Å². The fraction of sp³-hybridized carbons (Fsp3) is 0.588. The Morgan fingerprint density at radius 2 is 1.90 bits per heavy atom. The summed E-state index contributed by atoms with van der Waals surface area (Å²) >= 11 is 0. The summed E-state index contributed by atoms with van der Waals surface area (Å²) in [6.07, 6.45) is 4.27. The lowest BCUT2D eigenvalue weighted by atomic mass is 9.93. The Labute approximate surface area is 121 Å². The third-order valence-corrected chi connectivity index (χ3v) is 3.54. The minimum atomic E-state index is -0.890. The third-order valence-electron chi connectivity index (χ3n) is 3.54. The van der Waals surface area contributed by atoms with Crippen LogP contribution >= 0.6 is 0 Å². The summed E-state index contributed by atoms with van der Waals surface area (Å²) in [6, 6.07) is 9.52. The first-order valence-electron chi connectivity index (χ1n) is 7.38. The molecule has 0 saturated heterocycles. The molecule has 2 nitrogen and oxygen atoms in total. The van der Waals surface area contributed by atoms with Gasteiger partial charge in [-0.15, -0.1) is 0 Å². The van der Waals surface area contributed by atoms with Crippen molar-refractivity contribution in [3.05, 3.63) is 29.8 Å². The van der Waals surface area contributed by atoms with Crippen LogP contribution < -0.4 is 4.74 Å². The standard InChI is InChI=1S/C17H24FNO/c1-3-4-5-6-7-16(18)12-15(13-19)14-8-10-17(20-2)11-9-14/h8-11,15-16H,3-7,12H2,1-2H3/t15-,16-/m0/s1. The van der Waals surface area contributed by atoms with Crippen molar-refractivity contribution in [3.8, 4) is 11.8 Å². The maximum Gasteiger partial charge on any atom is 0.118 e. The number of benzene rings is 1. The third kappa shape index (κ3) is 5.61. The molecule has 0 radical (unpaired) electrons. The summed E-state index contributed by atoms with van der Waals surface area (Å²) in [5.74, 6) is 0.379. The lowest BCUT2D eigenvalue weighted by Gasteiger charge is -2.13. The molecule has 1 aromatic rings. The highest BCUT2D eigenvalue weighted by Crippen LogP contribution is 2.26. The maximum atomic E-state index is 13.9. The van der Waals surface area contributed by atoms with E-state index in [9.17, 15) is 9.65 Å². The molecule has 0 aliphatic heterocycles. The fourth-order valence-electron chi connectivity index (χ4n) is 2.27. The first kappa shape index (κ1) is 16.5. The SMILES string of the molecule is CCCCCC[C@H](F)C[C@@H](C#N)c1ccc(OC)cc1. The monoisotopic (exact) mass is 277 g/mol. The van der Waals surface area contributed by atoms with Gasteiger partial charge in [0, 0.05) is 0 Å². The summed E-state index contributed by atoms with van der Waals surface area (Å²) in [7, 11) is 1.60. The van der Waals surface area contributed by atoms with E-state index in [0.29, 0.717) is 6.42 Å². The van der Waals surface area contributed by atoms with Gasteiger partial charge in [0.1, 0.15) is 11.9 Å². The molecule has 0 unspecified atom stereocenters. The first-order valence-corrected chi connectivity index (χ1v) is 7.38. The highest BCUT2D eigenvalue weighted by Gasteiger charge is 2.17. The lowest BCUT2D eigenvalue weighted by molar-refractivity contribution is 0.281. The van der Waals surface area contributed by atoms with E-state index in [4.69, 9.17) is 4.74 Å². The van der Waals surface area contributed by atoms with Gasteiger partial charge in [0.05, 0.1) is 19.1 Å². The number of hydrogen-bond acceptors (Lipinski definition) is 2. The van der Waals surface area contributed by atoms with Gasteiger partial charge < -0.3 is 4.74 Å². The van der Waals surface area contributed by atoms with Crippen LogP contribution in [0.4, 0.5) is 4.39 Å². The lowest BCUT2D eigenvalue weighted by Crippen LogP contribution is -2.07. The van der Waals surface area contributed by atoms with Crippen LogP contribution in [0.1, 0.15) is 56.9 Å². The Morgan fingerprint density at radius 1 is 1.20 bits per heavy atom. The minimum absolute atomic E-state index is 0.287. The van der Waals surface area contributed by atoms with E-state index in [2.05, 4.69) is 13.0 Å². The van der Waals surface area contributed by atoms with Crippen molar-refractivity contribution in [2.75, 3.05) is 7.11 Å². The highest BCUT2D eigenvalue weighted by atomic mass is 19.1. The van der Waals surface area contributed by atoms with Crippen LogP contribution in [-0.4, -0.2) is 13.3 Å². The van der Waals surface area contributed by atoms with Crippen LogP contribution in [0.3, 0.4) is 0 Å². The van der Waals surface area contributed by atoms with E-state index < -0.39 is 6.17 Å². The zero-order chi connectivity index (χ0) is 14.8. The molecule has 1 rings (SSSR count). The largest absolute Gasteiger partial charge is 0.497 e. The number of nitrogens with zero attached hydrogens (tertiary/aromatic N) is 1. The second-order valence-corrected chi connectivity index (χ2v) is 5.14. The predicted octanol–water partition coefficient (Wildman–Crippen LogP) is 5.00. The maximum absolute atomic E-state index is 13.9. The van der Waals surface area contributed by atoms with Crippen LogP contribution in [0.25, 0.3) is 0 Å².